The Labute approximate surface area is 759 Å². The third kappa shape index (κ3) is 29.5. The molecule has 20 fully saturated rings. The third-order valence-corrected chi connectivity index (χ3v) is 42.5. The fourth-order valence-electron chi connectivity index (χ4n) is 35.8. The van der Waals surface area contributed by atoms with Gasteiger partial charge in [-0.15, -0.1) is 0 Å². The minimum absolute atomic E-state index is 0.648. The molecular formula is C121H218. The molecule has 702 valence electrons. The summed E-state index contributed by atoms with van der Waals surface area (Å²) in [4.78, 5) is 0. The van der Waals surface area contributed by atoms with Crippen molar-refractivity contribution in [3.63, 3.8) is 0 Å². The van der Waals surface area contributed by atoms with Gasteiger partial charge in [0.1, 0.15) is 0 Å². The van der Waals surface area contributed by atoms with Gasteiger partial charge in [-0.2, -0.15) is 0 Å². The average Bonchev–Trinajstić information content (AvgIpc) is 1.59. The molecule has 0 aliphatic heterocycles. The summed E-state index contributed by atoms with van der Waals surface area (Å²) in [6.45, 7) is 53.6. The molecule has 0 amide bonds. The van der Waals surface area contributed by atoms with Crippen LogP contribution in [-0.4, -0.2) is 0 Å². The van der Waals surface area contributed by atoms with E-state index in [1.807, 2.05) is 0 Å². The van der Waals surface area contributed by atoms with Crippen molar-refractivity contribution in [2.45, 2.75) is 499 Å². The number of fused-ring (bicyclic) bond motifs is 16. The summed E-state index contributed by atoms with van der Waals surface area (Å²) in [6, 6.07) is 0. The minimum Gasteiger partial charge on any atom is -0.0625 e. The van der Waals surface area contributed by atoms with Crippen molar-refractivity contribution in [2.75, 3.05) is 0 Å². The molecule has 0 aromatic rings. The Morgan fingerprint density at radius 2 is 0.298 bits per heavy atom. The Bertz CT molecular complexity index is 2630. The lowest BCUT2D eigenvalue weighted by Crippen LogP contribution is -2.36. The van der Waals surface area contributed by atoms with Crippen LogP contribution in [0, 0.1) is 266 Å². The molecule has 0 N–H and O–H groups in total. The first-order valence-corrected chi connectivity index (χ1v) is 57.7. The first-order valence-electron chi connectivity index (χ1n) is 57.7. The van der Waals surface area contributed by atoms with Crippen molar-refractivity contribution in [2.24, 2.45) is 266 Å². The quantitative estimate of drug-likeness (QED) is 0.172. The van der Waals surface area contributed by atoms with Crippen LogP contribution in [0.5, 0.6) is 0 Å². The van der Waals surface area contributed by atoms with Gasteiger partial charge in [0.25, 0.3) is 0 Å². The maximum absolute atomic E-state index is 2.47. The van der Waals surface area contributed by atoms with Crippen LogP contribution in [0.4, 0.5) is 0 Å². The van der Waals surface area contributed by atoms with E-state index < -0.39 is 0 Å². The molecule has 0 radical (unpaired) electrons. The predicted molar refractivity (Wildman–Crippen MR) is 530 cm³/mol. The second kappa shape index (κ2) is 46.1. The van der Waals surface area contributed by atoms with Crippen LogP contribution in [0.3, 0.4) is 0 Å². The molecule has 121 heavy (non-hydrogen) atoms. The average molecular weight is 1670 g/mol. The van der Waals surface area contributed by atoms with Crippen molar-refractivity contribution in [3.05, 3.63) is 0 Å². The summed E-state index contributed by atoms with van der Waals surface area (Å²) in [5, 5.41) is 0. The summed E-state index contributed by atoms with van der Waals surface area (Å²) in [5.74, 6) is 46.6. The molecule has 0 aromatic heterocycles. The zero-order valence-electron chi connectivity index (χ0n) is 86.1. The summed E-state index contributed by atoms with van der Waals surface area (Å²) in [6.07, 6.45) is 84.1. The molecule has 20 rings (SSSR count). The van der Waals surface area contributed by atoms with E-state index in [1.54, 1.807) is 231 Å². The van der Waals surface area contributed by atoms with E-state index >= 15 is 0 Å². The van der Waals surface area contributed by atoms with Gasteiger partial charge in [-0.3, -0.25) is 0 Å². The standard InChI is InChI=1S/C18H32.C17H30.C16H28.C15H26.C15H28.C14H26.2C13H24/c1-13(2)17-9-14-8-15(10-17)12-18(11-14)16-6-4-3-5-7-16;1-12(2)16-8-13-7-14(9-16)11-17(10-13)15-5-3-4-6-15;1-11(2)15-7-12-6-13(8-15)10-16(9-12)14-4-3-5-14;1-10(2)14-6-11-5-12(7-14)9-15(8-11)13-3-4-13;1-10(2)14-6-12-5-13(7-14)9-15(8-12)11(3)4;1-10(2)13-6-11-5-12(7-13)9-14(3,4)8-11;2*1-9(2)13-7-11-4-10(3)5-12(6-11)8-13/h13-18H,3-12H2,1-2H3;12-17H,3-11H2,1-2H3;11-16H,3-10H2,1-2H3;10-15H,3-9H2,1-2H3;10-15H,5-9H2,1-4H3;10-13H,5-9H2,1-4H3;2*9-13H,4-8H2,1-3H3/t14-,15+,17?,18?;13-,14+,16?,17?;12-,13+,15?,16?;11-,12+,14?,15?;;11-,12+,13?;2*10?,11-,12+,13?. The largest absolute Gasteiger partial charge is 0.0625 e. The highest BCUT2D eigenvalue weighted by Crippen LogP contribution is 2.59. The van der Waals surface area contributed by atoms with E-state index in [1.165, 1.54) is 121 Å². The molecule has 0 aromatic carbocycles. The number of hydrogen-bond acceptors (Lipinski definition) is 0. The fourth-order valence-corrected chi connectivity index (χ4v) is 35.8. The van der Waals surface area contributed by atoms with Crippen LogP contribution in [-0.2, 0) is 0 Å². The van der Waals surface area contributed by atoms with Crippen molar-refractivity contribution < 1.29 is 0 Å². The van der Waals surface area contributed by atoms with Crippen LogP contribution in [0.1, 0.15) is 499 Å². The van der Waals surface area contributed by atoms with Gasteiger partial charge >= 0.3 is 0 Å². The lowest BCUT2D eigenvalue weighted by atomic mass is 9.58. The molecule has 20 aliphatic carbocycles. The van der Waals surface area contributed by atoms with Crippen molar-refractivity contribution >= 4 is 0 Å². The molecule has 13 unspecified atom stereocenters. The topological polar surface area (TPSA) is 0 Å². The number of rotatable bonds is 13. The molecule has 20 aliphatic rings. The highest BCUT2D eigenvalue weighted by atomic mass is 14.5. The summed E-state index contributed by atoms with van der Waals surface area (Å²) >= 11 is 0. The summed E-state index contributed by atoms with van der Waals surface area (Å²) in [7, 11) is 0. The lowest BCUT2D eigenvalue weighted by Gasteiger charge is -2.47. The Morgan fingerprint density at radius 3 is 0.471 bits per heavy atom. The second-order valence-electron chi connectivity index (χ2n) is 56.1. The van der Waals surface area contributed by atoms with Crippen LogP contribution >= 0.6 is 0 Å². The molecule has 16 bridgehead atoms. The Hall–Kier alpha value is 0. The van der Waals surface area contributed by atoms with E-state index in [2.05, 4.69) is 152 Å². The highest BCUT2D eigenvalue weighted by molar-refractivity contribution is 4.99. The van der Waals surface area contributed by atoms with Crippen LogP contribution in [0.15, 0.2) is 0 Å². The van der Waals surface area contributed by atoms with Gasteiger partial charge in [0.15, 0.2) is 0 Å². The molecule has 0 nitrogen and oxygen atoms in total. The van der Waals surface area contributed by atoms with Gasteiger partial charge in [-0.25, -0.2) is 0 Å². The monoisotopic (exact) mass is 1670 g/mol. The SMILES string of the molecule is CC(C)C1CC2CC(C1)CC(C(C)C)C2.CC(C)C1C[C@@H]2CC(C3CC3)C[C@H](C1)C2.CC(C)C1C[C@@H]2CC(C3CCC3)C[C@H](C1)C2.CC(C)C1C[C@@H]2CC(C3CCCC3)C[C@H](C1)C2.CC(C)C1C[C@@H]2CC(C3CCCCC3)C[C@H](C1)C2.CC(C)C1C[C@@H]2C[C@H](C1)CC(C)(C)C2.CC1C[C@@H]2CC(C(C)C)C[C@H](C1)C2.CC1C[C@@H]2CC(C(C)C)C[C@H](C1)C2. The zero-order valence-corrected chi connectivity index (χ0v) is 86.1. The molecule has 0 heterocycles. The Morgan fingerprint density at radius 1 is 0.149 bits per heavy atom. The predicted octanol–water partition coefficient (Wildman–Crippen LogP) is 37.8. The van der Waals surface area contributed by atoms with Gasteiger partial charge in [0.2, 0.25) is 0 Å². The van der Waals surface area contributed by atoms with Crippen molar-refractivity contribution in [1.82, 2.24) is 0 Å². The normalized spacial score (nSPS) is 43.5. The van der Waals surface area contributed by atoms with E-state index in [0.717, 1.165) is 254 Å². The van der Waals surface area contributed by atoms with E-state index in [0.29, 0.717) is 5.41 Å². The molecule has 0 heteroatoms. The van der Waals surface area contributed by atoms with Gasteiger partial charge in [-0.1, -0.05) is 229 Å². The fraction of sp³-hybridized carbons (Fsp3) is 1.00. The zero-order chi connectivity index (χ0) is 86.1. The second-order valence-corrected chi connectivity index (χ2v) is 56.1. The summed E-state index contributed by atoms with van der Waals surface area (Å²) in [5.41, 5.74) is 0.648. The van der Waals surface area contributed by atoms with E-state index in [-0.39, 0.29) is 0 Å². The van der Waals surface area contributed by atoms with Gasteiger partial charge in [-0.05, 0) is 535 Å². The molecule has 20 saturated carbocycles. The van der Waals surface area contributed by atoms with Crippen LogP contribution < -0.4 is 0 Å². The maximum atomic E-state index is 2.47. The molecule has 0 saturated heterocycles. The Kier molecular flexibility index (Phi) is 37.5. The highest BCUT2D eigenvalue weighted by Gasteiger charge is 2.48. The first-order chi connectivity index (χ1) is 57.7. The van der Waals surface area contributed by atoms with E-state index in [9.17, 15) is 0 Å². The van der Waals surface area contributed by atoms with Gasteiger partial charge in [0.05, 0.1) is 0 Å². The van der Waals surface area contributed by atoms with Crippen molar-refractivity contribution in [1.29, 1.82) is 0 Å². The molecule has 0 spiro atoms. The minimum atomic E-state index is 0.648. The third-order valence-electron chi connectivity index (χ3n) is 42.5. The van der Waals surface area contributed by atoms with Crippen LogP contribution in [0.2, 0.25) is 0 Å². The first kappa shape index (κ1) is 98.5. The van der Waals surface area contributed by atoms with Crippen molar-refractivity contribution in [3.8, 4) is 0 Å². The molecular weight excluding hydrogens is 1450 g/mol. The molecule has 27 atom stereocenters. The smallest absolute Gasteiger partial charge is 0.0349 e. The van der Waals surface area contributed by atoms with E-state index in [4.69, 9.17) is 0 Å². The lowest BCUT2D eigenvalue weighted by molar-refractivity contribution is 0.0355. The van der Waals surface area contributed by atoms with Gasteiger partial charge in [0, 0.05) is 0 Å². The summed E-state index contributed by atoms with van der Waals surface area (Å²) < 4.78 is 0. The Balaban J connectivity index is 0.000000120. The van der Waals surface area contributed by atoms with Gasteiger partial charge < -0.3 is 0 Å². The maximum Gasteiger partial charge on any atom is -0.0349 e. The van der Waals surface area contributed by atoms with Crippen LogP contribution in [0.25, 0.3) is 0 Å². The number of hydrogen-bond donors (Lipinski definition) is 0.